The number of sulfonamides is 1. The van der Waals surface area contributed by atoms with Gasteiger partial charge in [0.05, 0.1) is 23.6 Å². The van der Waals surface area contributed by atoms with E-state index in [-0.39, 0.29) is 10.9 Å². The van der Waals surface area contributed by atoms with Crippen molar-refractivity contribution >= 4 is 27.3 Å². The largest absolute Gasteiger partial charge is 0.465 e. The maximum Gasteiger partial charge on any atom is 0.337 e. The van der Waals surface area contributed by atoms with Crippen molar-refractivity contribution < 1.29 is 17.9 Å². The summed E-state index contributed by atoms with van der Waals surface area (Å²) in [4.78, 5) is 15.2. The van der Waals surface area contributed by atoms with Crippen LogP contribution in [0.15, 0.2) is 46.7 Å². The summed E-state index contributed by atoms with van der Waals surface area (Å²) in [7, 11) is -2.38. The second-order valence-corrected chi connectivity index (χ2v) is 9.86. The Labute approximate surface area is 170 Å². The first kappa shape index (κ1) is 21.0. The molecular formula is C20H26N2O4S2. The molecule has 2 heterocycles. The van der Waals surface area contributed by atoms with Gasteiger partial charge in [-0.15, -0.1) is 11.3 Å². The molecule has 0 saturated carbocycles. The number of ether oxygens (including phenoxy) is 1. The fourth-order valence-corrected chi connectivity index (χ4v) is 5.29. The highest BCUT2D eigenvalue weighted by atomic mass is 32.2. The first-order valence-corrected chi connectivity index (χ1v) is 11.7. The predicted octanol–water partition coefficient (Wildman–Crippen LogP) is 3.29. The van der Waals surface area contributed by atoms with Crippen LogP contribution in [0.5, 0.6) is 0 Å². The molecule has 0 aliphatic carbocycles. The van der Waals surface area contributed by atoms with Gasteiger partial charge in [-0.3, -0.25) is 4.90 Å². The molecule has 0 bridgehead atoms. The van der Waals surface area contributed by atoms with Crippen molar-refractivity contribution in [3.8, 4) is 0 Å². The molecule has 6 nitrogen and oxygen atoms in total. The van der Waals surface area contributed by atoms with E-state index in [1.807, 2.05) is 11.4 Å². The molecule has 1 fully saturated rings. The van der Waals surface area contributed by atoms with E-state index in [0.29, 0.717) is 18.0 Å². The standard InChI is InChI=1S/C20H26N2O4S2/c1-15-9-11-22(12-10-15)18(19-4-3-13-27-19)14-21-28(24,25)17-7-5-16(6-8-17)20(23)26-2/h3-8,13,15,18,21H,9-12,14H2,1-2H3. The van der Waals surface area contributed by atoms with Crippen LogP contribution in [0.4, 0.5) is 0 Å². The smallest absolute Gasteiger partial charge is 0.337 e. The molecule has 2 aromatic rings. The van der Waals surface area contributed by atoms with Gasteiger partial charge in [-0.25, -0.2) is 17.9 Å². The van der Waals surface area contributed by atoms with Gasteiger partial charge in [-0.1, -0.05) is 13.0 Å². The first-order valence-electron chi connectivity index (χ1n) is 9.36. The minimum Gasteiger partial charge on any atom is -0.465 e. The van der Waals surface area contributed by atoms with Crippen LogP contribution < -0.4 is 4.72 Å². The topological polar surface area (TPSA) is 75.7 Å². The lowest BCUT2D eigenvalue weighted by atomic mass is 9.97. The summed E-state index contributed by atoms with van der Waals surface area (Å²) in [6, 6.07) is 9.87. The Morgan fingerprint density at radius 3 is 2.50 bits per heavy atom. The van der Waals surface area contributed by atoms with Crippen LogP contribution in [0.3, 0.4) is 0 Å². The van der Waals surface area contributed by atoms with Gasteiger partial charge in [0.15, 0.2) is 0 Å². The fourth-order valence-electron chi connectivity index (χ4n) is 3.39. The number of benzene rings is 1. The third-order valence-electron chi connectivity index (χ3n) is 5.18. The summed E-state index contributed by atoms with van der Waals surface area (Å²) in [6.07, 6.45) is 2.26. The molecule has 1 aliphatic rings. The zero-order valence-corrected chi connectivity index (χ0v) is 17.8. The number of thiophene rings is 1. The van der Waals surface area contributed by atoms with Crippen LogP contribution in [0.1, 0.15) is 41.0 Å². The summed E-state index contributed by atoms with van der Waals surface area (Å²) in [5.41, 5.74) is 0.320. The number of carbonyl (C=O) groups excluding carboxylic acids is 1. The van der Waals surface area contributed by atoms with Gasteiger partial charge in [0.2, 0.25) is 10.0 Å². The lowest BCUT2D eigenvalue weighted by molar-refractivity contribution is 0.0600. The second kappa shape index (κ2) is 9.17. The van der Waals surface area contributed by atoms with E-state index in [0.717, 1.165) is 25.9 Å². The molecule has 1 aromatic heterocycles. The summed E-state index contributed by atoms with van der Waals surface area (Å²) in [5, 5.41) is 2.02. The van der Waals surface area contributed by atoms with E-state index in [9.17, 15) is 13.2 Å². The van der Waals surface area contributed by atoms with E-state index in [1.54, 1.807) is 11.3 Å². The van der Waals surface area contributed by atoms with Crippen molar-refractivity contribution in [1.82, 2.24) is 9.62 Å². The number of carbonyl (C=O) groups is 1. The van der Waals surface area contributed by atoms with Gasteiger partial charge in [0.25, 0.3) is 0 Å². The molecule has 1 atom stereocenters. The van der Waals surface area contributed by atoms with E-state index in [2.05, 4.69) is 27.3 Å². The molecule has 152 valence electrons. The average molecular weight is 423 g/mol. The number of piperidine rings is 1. The van der Waals surface area contributed by atoms with E-state index >= 15 is 0 Å². The number of rotatable bonds is 7. The molecule has 1 saturated heterocycles. The van der Waals surface area contributed by atoms with Crippen LogP contribution in [0.25, 0.3) is 0 Å². The number of hydrogen-bond donors (Lipinski definition) is 1. The molecule has 3 rings (SSSR count). The minimum atomic E-state index is -3.67. The highest BCUT2D eigenvalue weighted by Gasteiger charge is 2.27. The normalized spacial score (nSPS) is 17.4. The molecule has 0 amide bonds. The quantitative estimate of drug-likeness (QED) is 0.693. The highest BCUT2D eigenvalue weighted by molar-refractivity contribution is 7.89. The van der Waals surface area contributed by atoms with Crippen molar-refractivity contribution in [1.29, 1.82) is 0 Å². The number of esters is 1. The molecular weight excluding hydrogens is 396 g/mol. The molecule has 1 unspecified atom stereocenters. The second-order valence-electron chi connectivity index (χ2n) is 7.12. The Hall–Kier alpha value is -1.74. The Bertz CT molecular complexity index is 871. The molecule has 8 heteroatoms. The lowest BCUT2D eigenvalue weighted by Gasteiger charge is -2.36. The van der Waals surface area contributed by atoms with E-state index in [4.69, 9.17) is 0 Å². The van der Waals surface area contributed by atoms with Crippen LogP contribution in [-0.2, 0) is 14.8 Å². The van der Waals surface area contributed by atoms with Gasteiger partial charge in [0.1, 0.15) is 0 Å². The summed E-state index contributed by atoms with van der Waals surface area (Å²) < 4.78 is 32.9. The van der Waals surface area contributed by atoms with Crippen molar-refractivity contribution in [2.75, 3.05) is 26.7 Å². The summed E-state index contributed by atoms with van der Waals surface area (Å²) in [5.74, 6) is 0.222. The Morgan fingerprint density at radius 1 is 1.25 bits per heavy atom. The number of nitrogens with one attached hydrogen (secondary N) is 1. The van der Waals surface area contributed by atoms with E-state index < -0.39 is 16.0 Å². The van der Waals surface area contributed by atoms with Crippen molar-refractivity contribution in [2.24, 2.45) is 5.92 Å². The number of methoxy groups -OCH3 is 1. The third kappa shape index (κ3) is 5.00. The monoisotopic (exact) mass is 422 g/mol. The maximum absolute atomic E-state index is 12.7. The van der Waals surface area contributed by atoms with Crippen LogP contribution in [0.2, 0.25) is 0 Å². The first-order chi connectivity index (χ1) is 13.4. The number of hydrogen-bond acceptors (Lipinski definition) is 6. The Morgan fingerprint density at radius 2 is 1.93 bits per heavy atom. The van der Waals surface area contributed by atoms with Crippen LogP contribution in [-0.4, -0.2) is 46.0 Å². The zero-order chi connectivity index (χ0) is 20.1. The van der Waals surface area contributed by atoms with Gasteiger partial charge >= 0.3 is 5.97 Å². The highest BCUT2D eigenvalue weighted by Crippen LogP contribution is 2.29. The predicted molar refractivity (Wildman–Crippen MR) is 110 cm³/mol. The minimum absolute atomic E-state index is 0.0246. The van der Waals surface area contributed by atoms with Gasteiger partial charge < -0.3 is 4.74 Å². The summed E-state index contributed by atoms with van der Waals surface area (Å²) in [6.45, 7) is 4.52. The van der Waals surface area contributed by atoms with Gasteiger partial charge in [-0.2, -0.15) is 0 Å². The van der Waals surface area contributed by atoms with Crippen LogP contribution >= 0.6 is 11.3 Å². The molecule has 0 spiro atoms. The Balaban J connectivity index is 1.72. The summed E-state index contributed by atoms with van der Waals surface area (Å²) >= 11 is 1.65. The fraction of sp³-hybridized carbons (Fsp3) is 0.450. The SMILES string of the molecule is COC(=O)c1ccc(S(=O)(=O)NCC(c2cccs2)N2CCC(C)CC2)cc1. The van der Waals surface area contributed by atoms with Gasteiger partial charge in [0, 0.05) is 11.4 Å². The maximum atomic E-state index is 12.7. The molecule has 28 heavy (non-hydrogen) atoms. The average Bonchev–Trinajstić information content (AvgIpc) is 3.23. The van der Waals surface area contributed by atoms with E-state index in [1.165, 1.54) is 36.3 Å². The van der Waals surface area contributed by atoms with Crippen molar-refractivity contribution in [2.45, 2.75) is 30.7 Å². The van der Waals surface area contributed by atoms with Gasteiger partial charge in [-0.05, 0) is 67.6 Å². The lowest BCUT2D eigenvalue weighted by Crippen LogP contribution is -2.41. The van der Waals surface area contributed by atoms with Crippen molar-refractivity contribution in [3.05, 3.63) is 52.2 Å². The zero-order valence-electron chi connectivity index (χ0n) is 16.1. The third-order valence-corrected chi connectivity index (χ3v) is 7.60. The molecule has 0 radical (unpaired) electrons. The number of likely N-dealkylation sites (tertiary alicyclic amines) is 1. The Kier molecular flexibility index (Phi) is 6.87. The van der Waals surface area contributed by atoms with Crippen LogP contribution in [0, 0.1) is 5.92 Å². The molecule has 1 N–H and O–H groups in total. The molecule has 1 aliphatic heterocycles. The molecule has 1 aromatic carbocycles. The van der Waals surface area contributed by atoms with Crippen molar-refractivity contribution in [3.63, 3.8) is 0 Å². The number of nitrogens with zero attached hydrogens (tertiary/aromatic N) is 1.